The molecular formula is C31H41Cl2FIN3O4. The Morgan fingerprint density at radius 1 is 1.10 bits per heavy atom. The van der Waals surface area contributed by atoms with Crippen molar-refractivity contribution in [1.29, 1.82) is 0 Å². The molecule has 0 aliphatic heterocycles. The van der Waals surface area contributed by atoms with E-state index in [2.05, 4.69) is 36.7 Å². The van der Waals surface area contributed by atoms with Gasteiger partial charge in [-0.05, 0) is 91.7 Å². The first-order valence-electron chi connectivity index (χ1n) is 14.3. The first kappa shape index (κ1) is 35.0. The topological polar surface area (TPSA) is 111 Å². The summed E-state index contributed by atoms with van der Waals surface area (Å²) < 4.78 is 14.2. The van der Waals surface area contributed by atoms with Crippen molar-refractivity contribution in [1.82, 2.24) is 10.6 Å². The number of carbonyl (C=O) groups is 2. The van der Waals surface area contributed by atoms with Crippen LogP contribution in [0.25, 0.3) is 0 Å². The third kappa shape index (κ3) is 11.5. The summed E-state index contributed by atoms with van der Waals surface area (Å²) in [6.45, 7) is 6.76. The van der Waals surface area contributed by atoms with Gasteiger partial charge < -0.3 is 26.2 Å². The number of halogens is 4. The van der Waals surface area contributed by atoms with Crippen molar-refractivity contribution in [3.8, 4) is 0 Å². The van der Waals surface area contributed by atoms with Crippen LogP contribution in [0.4, 0.5) is 14.9 Å². The standard InChI is InChI=1S/C31H41Cl2FIN3O4/c1-31(2,3)17-22(14-20-15-24(34)23(33)16-25(20)38-30(35)42)37-26(11-18-6-4-8-21(32)10-18)29(41)36-9-5-7-19-12-27(39)28(40)13-19/h4,6,8,10,15-16,19,22,26-28,37,39-40H,5,7,9,11-14,17H2,1-3H3,(H,36,41)(H,38,42)/t22-,26+,27+,28+/m0/s1. The molecule has 0 heterocycles. The third-order valence-electron chi connectivity index (χ3n) is 7.47. The number of hydrogen-bond acceptors (Lipinski definition) is 5. The molecule has 0 bridgehead atoms. The Labute approximate surface area is 271 Å². The molecule has 42 heavy (non-hydrogen) atoms. The molecule has 1 aliphatic carbocycles. The molecule has 5 N–H and O–H groups in total. The number of carbonyl (C=O) groups excluding carboxylic acids is 2. The van der Waals surface area contributed by atoms with Crippen molar-refractivity contribution < 1.29 is 24.2 Å². The van der Waals surface area contributed by atoms with Crippen molar-refractivity contribution in [2.24, 2.45) is 11.3 Å². The van der Waals surface area contributed by atoms with E-state index >= 15 is 0 Å². The van der Waals surface area contributed by atoms with Gasteiger partial charge in [0, 0.05) is 45.9 Å². The van der Waals surface area contributed by atoms with Crippen LogP contribution in [0, 0.1) is 17.2 Å². The molecule has 1 saturated carbocycles. The fraction of sp³-hybridized carbons (Fsp3) is 0.548. The monoisotopic (exact) mass is 735 g/mol. The average Bonchev–Trinajstić information content (AvgIpc) is 3.19. The maximum atomic E-state index is 14.6. The highest BCUT2D eigenvalue weighted by atomic mass is 127. The van der Waals surface area contributed by atoms with Gasteiger partial charge >= 0.3 is 0 Å². The Kier molecular flexibility index (Phi) is 13.3. The summed E-state index contributed by atoms with van der Waals surface area (Å²) in [6.07, 6.45) is 2.76. The highest BCUT2D eigenvalue weighted by Crippen LogP contribution is 2.31. The number of aliphatic hydroxyl groups excluding tert-OH is 2. The molecule has 0 unspecified atom stereocenters. The maximum absolute atomic E-state index is 14.6. The third-order valence-corrected chi connectivity index (χ3v) is 8.26. The van der Waals surface area contributed by atoms with Crippen LogP contribution in [0.2, 0.25) is 10.0 Å². The number of benzene rings is 2. The van der Waals surface area contributed by atoms with Gasteiger partial charge in [0.05, 0.1) is 23.3 Å². The number of aliphatic hydroxyl groups is 2. The summed E-state index contributed by atoms with van der Waals surface area (Å²) in [5.41, 5.74) is 1.78. The first-order valence-corrected chi connectivity index (χ1v) is 16.1. The number of amides is 2. The molecule has 1 fully saturated rings. The predicted molar refractivity (Wildman–Crippen MR) is 175 cm³/mol. The van der Waals surface area contributed by atoms with Crippen LogP contribution in [0.15, 0.2) is 36.4 Å². The van der Waals surface area contributed by atoms with Crippen LogP contribution in [-0.4, -0.2) is 50.9 Å². The van der Waals surface area contributed by atoms with Crippen molar-refractivity contribution in [2.45, 2.75) is 90.0 Å². The van der Waals surface area contributed by atoms with Gasteiger partial charge in [-0.15, -0.1) is 0 Å². The van der Waals surface area contributed by atoms with E-state index in [1.54, 1.807) is 28.7 Å². The molecule has 0 saturated heterocycles. The number of rotatable bonds is 13. The summed E-state index contributed by atoms with van der Waals surface area (Å²) in [6, 6.07) is 9.29. The van der Waals surface area contributed by atoms with Crippen molar-refractivity contribution in [3.63, 3.8) is 0 Å². The van der Waals surface area contributed by atoms with Gasteiger partial charge in [0.1, 0.15) is 5.82 Å². The van der Waals surface area contributed by atoms with Crippen LogP contribution in [0.5, 0.6) is 0 Å². The molecular weight excluding hydrogens is 695 g/mol. The molecule has 7 nitrogen and oxygen atoms in total. The molecule has 2 aromatic carbocycles. The minimum atomic E-state index is -0.671. The van der Waals surface area contributed by atoms with E-state index in [4.69, 9.17) is 23.2 Å². The summed E-state index contributed by atoms with van der Waals surface area (Å²) in [5.74, 6) is -0.507. The van der Waals surface area contributed by atoms with Gasteiger partial charge in [-0.3, -0.25) is 9.59 Å². The van der Waals surface area contributed by atoms with Gasteiger partial charge in [0.2, 0.25) is 5.91 Å². The molecule has 0 radical (unpaired) electrons. The molecule has 0 spiro atoms. The molecule has 2 amide bonds. The second kappa shape index (κ2) is 16.0. The quantitative estimate of drug-likeness (QED) is 0.0683. The molecule has 11 heteroatoms. The molecule has 4 atom stereocenters. The zero-order chi connectivity index (χ0) is 31.0. The lowest BCUT2D eigenvalue weighted by Gasteiger charge is -2.31. The normalized spacial score (nSPS) is 19.0. The van der Waals surface area contributed by atoms with Gasteiger partial charge in [-0.25, -0.2) is 4.39 Å². The first-order chi connectivity index (χ1) is 19.7. The zero-order valence-corrected chi connectivity index (χ0v) is 27.9. The van der Waals surface area contributed by atoms with E-state index in [0.717, 1.165) is 18.4 Å². The van der Waals surface area contributed by atoms with Crippen molar-refractivity contribution >= 4 is 61.3 Å². The van der Waals surface area contributed by atoms with E-state index in [9.17, 15) is 24.2 Å². The lowest BCUT2D eigenvalue weighted by atomic mass is 9.85. The van der Waals surface area contributed by atoms with Crippen LogP contribution in [0.1, 0.15) is 64.0 Å². The predicted octanol–water partition coefficient (Wildman–Crippen LogP) is 6.68. The fourth-order valence-electron chi connectivity index (χ4n) is 5.64. The molecule has 3 rings (SSSR count). The highest BCUT2D eigenvalue weighted by Gasteiger charge is 2.31. The van der Waals surface area contributed by atoms with E-state index in [1.165, 1.54) is 12.1 Å². The molecule has 232 valence electrons. The molecule has 0 aromatic heterocycles. The van der Waals surface area contributed by atoms with E-state index in [0.29, 0.717) is 54.9 Å². The minimum Gasteiger partial charge on any atom is -0.390 e. The van der Waals surface area contributed by atoms with Gasteiger partial charge in [0.25, 0.3) is 3.91 Å². The average molecular weight is 736 g/mol. The lowest BCUT2D eigenvalue weighted by molar-refractivity contribution is -0.123. The molecule has 2 aromatic rings. The lowest BCUT2D eigenvalue weighted by Crippen LogP contribution is -2.51. The zero-order valence-electron chi connectivity index (χ0n) is 24.2. The summed E-state index contributed by atoms with van der Waals surface area (Å²) >= 11 is 13.9. The largest absolute Gasteiger partial charge is 0.390 e. The number of hydrogen-bond donors (Lipinski definition) is 5. The van der Waals surface area contributed by atoms with Gasteiger partial charge in [-0.2, -0.15) is 0 Å². The Hall–Kier alpha value is -1.50. The second-order valence-corrected chi connectivity index (χ2v) is 14.3. The summed E-state index contributed by atoms with van der Waals surface area (Å²) in [4.78, 5) is 25.4. The number of nitrogens with one attached hydrogen (secondary N) is 3. The van der Waals surface area contributed by atoms with Crippen LogP contribution in [0.3, 0.4) is 0 Å². The maximum Gasteiger partial charge on any atom is 0.284 e. The van der Waals surface area contributed by atoms with E-state index < -0.39 is 24.1 Å². The Morgan fingerprint density at radius 2 is 1.79 bits per heavy atom. The van der Waals surface area contributed by atoms with Crippen LogP contribution < -0.4 is 16.0 Å². The Balaban J connectivity index is 1.79. The van der Waals surface area contributed by atoms with Gasteiger partial charge in [-0.1, -0.05) is 56.1 Å². The minimum absolute atomic E-state index is 0.0842. The SMILES string of the molecule is CC(C)(C)C[C@H](Cc1cc(F)c(Cl)cc1NC(=O)I)N[C@H](Cc1cccc(Cl)c1)C(=O)NCCCC1C[C@@H](O)[C@H](O)C1. The van der Waals surface area contributed by atoms with Crippen LogP contribution in [-0.2, 0) is 17.6 Å². The van der Waals surface area contributed by atoms with E-state index in [-0.39, 0.29) is 32.2 Å². The van der Waals surface area contributed by atoms with Crippen LogP contribution >= 0.6 is 45.8 Å². The van der Waals surface area contributed by atoms with Gasteiger partial charge in [0.15, 0.2) is 0 Å². The smallest absolute Gasteiger partial charge is 0.284 e. The second-order valence-electron chi connectivity index (χ2n) is 12.4. The highest BCUT2D eigenvalue weighted by molar-refractivity contribution is 14.1. The number of anilines is 1. The Bertz CT molecular complexity index is 1220. The summed E-state index contributed by atoms with van der Waals surface area (Å²) in [7, 11) is 0. The molecule has 1 aliphatic rings. The Morgan fingerprint density at radius 3 is 2.40 bits per heavy atom. The fourth-order valence-corrected chi connectivity index (χ4v) is 6.31. The van der Waals surface area contributed by atoms with Crippen molar-refractivity contribution in [3.05, 3.63) is 63.4 Å². The van der Waals surface area contributed by atoms with E-state index in [1.807, 2.05) is 18.2 Å². The summed E-state index contributed by atoms with van der Waals surface area (Å²) in [5, 5.41) is 29.5. The van der Waals surface area contributed by atoms with Crippen molar-refractivity contribution in [2.75, 3.05) is 11.9 Å².